The summed E-state index contributed by atoms with van der Waals surface area (Å²) in [4.78, 5) is 12.3. The second-order valence-electron chi connectivity index (χ2n) is 5.08. The van der Waals surface area contributed by atoms with Crippen LogP contribution in [0.4, 0.5) is 11.4 Å². The maximum Gasteiger partial charge on any atom is 0.348 e. The van der Waals surface area contributed by atoms with Gasteiger partial charge < -0.3 is 14.8 Å². The number of thioether (sulfide) groups is 1. The molecule has 3 aromatic rings. The molecule has 0 saturated carbocycles. The number of hydrogen-bond donors (Lipinski definition) is 1. The van der Waals surface area contributed by atoms with Gasteiger partial charge in [-0.3, -0.25) is 0 Å². The molecule has 0 atom stereocenters. The molecule has 0 aliphatic rings. The van der Waals surface area contributed by atoms with Crippen LogP contribution < -0.4 is 10.1 Å². The Morgan fingerprint density at radius 1 is 1.04 bits per heavy atom. The van der Waals surface area contributed by atoms with Gasteiger partial charge in [0.1, 0.15) is 16.4 Å². The number of nitrogens with one attached hydrogen (secondary N) is 1. The second kappa shape index (κ2) is 8.09. The summed E-state index contributed by atoms with van der Waals surface area (Å²) in [6.45, 7) is 0. The highest BCUT2D eigenvalue weighted by molar-refractivity contribution is 8.00. The Hall–Kier alpha value is -2.44. The zero-order valence-corrected chi connectivity index (χ0v) is 15.4. The van der Waals surface area contributed by atoms with Crippen LogP contribution in [-0.2, 0) is 4.74 Å². The van der Waals surface area contributed by atoms with Crippen molar-refractivity contribution < 1.29 is 14.3 Å². The van der Waals surface area contributed by atoms with E-state index in [1.165, 1.54) is 18.4 Å². The molecule has 2 aromatic carbocycles. The summed E-state index contributed by atoms with van der Waals surface area (Å²) < 4.78 is 11.7. The Kier molecular flexibility index (Phi) is 5.63. The van der Waals surface area contributed by atoms with Crippen molar-refractivity contribution in [1.82, 2.24) is 0 Å². The Morgan fingerprint density at radius 2 is 1.80 bits per heavy atom. The molecule has 0 radical (unpaired) electrons. The summed E-state index contributed by atoms with van der Waals surface area (Å²) in [7, 11) is 1.39. The number of thiophene rings is 1. The third kappa shape index (κ3) is 4.35. The summed E-state index contributed by atoms with van der Waals surface area (Å²) in [5.41, 5.74) is 1.77. The van der Waals surface area contributed by atoms with Crippen LogP contribution in [-0.4, -0.2) is 19.3 Å². The van der Waals surface area contributed by atoms with Crippen molar-refractivity contribution in [3.05, 3.63) is 65.5 Å². The van der Waals surface area contributed by atoms with Gasteiger partial charge in [-0.2, -0.15) is 0 Å². The summed E-state index contributed by atoms with van der Waals surface area (Å²) in [5, 5.41) is 3.35. The fraction of sp³-hybridized carbons (Fsp3) is 0.105. The van der Waals surface area contributed by atoms with Crippen molar-refractivity contribution in [1.29, 1.82) is 0 Å². The van der Waals surface area contributed by atoms with Crippen LogP contribution in [0.15, 0.2) is 64.9 Å². The quantitative estimate of drug-likeness (QED) is 0.439. The number of hydrogen-bond acceptors (Lipinski definition) is 6. The van der Waals surface area contributed by atoms with E-state index in [4.69, 9.17) is 9.47 Å². The lowest BCUT2D eigenvalue weighted by molar-refractivity contribution is 0.0606. The van der Waals surface area contributed by atoms with Crippen molar-refractivity contribution in [2.45, 2.75) is 4.21 Å². The Labute approximate surface area is 154 Å². The van der Waals surface area contributed by atoms with Crippen LogP contribution in [0, 0.1) is 0 Å². The normalized spacial score (nSPS) is 10.3. The number of para-hydroxylation sites is 1. The molecule has 1 heterocycles. The van der Waals surface area contributed by atoms with E-state index in [0.29, 0.717) is 4.88 Å². The smallest absolute Gasteiger partial charge is 0.348 e. The topological polar surface area (TPSA) is 47.6 Å². The van der Waals surface area contributed by atoms with Gasteiger partial charge in [-0.15, -0.1) is 23.1 Å². The van der Waals surface area contributed by atoms with E-state index < -0.39 is 0 Å². The third-order valence-electron chi connectivity index (χ3n) is 3.36. The molecule has 128 valence electrons. The minimum Gasteiger partial charge on any atom is -0.465 e. The van der Waals surface area contributed by atoms with E-state index in [9.17, 15) is 4.79 Å². The van der Waals surface area contributed by atoms with E-state index in [1.807, 2.05) is 66.9 Å². The summed E-state index contributed by atoms with van der Waals surface area (Å²) >= 11 is 3.00. The highest BCUT2D eigenvalue weighted by Gasteiger charge is 2.15. The molecule has 0 aliphatic heterocycles. The number of anilines is 2. The predicted molar refractivity (Wildman–Crippen MR) is 104 cm³/mol. The molecule has 0 fully saturated rings. The molecule has 0 amide bonds. The van der Waals surface area contributed by atoms with Crippen LogP contribution in [0.25, 0.3) is 0 Å². The van der Waals surface area contributed by atoms with Crippen LogP contribution in [0.5, 0.6) is 11.5 Å². The van der Waals surface area contributed by atoms with E-state index in [2.05, 4.69) is 5.32 Å². The minimum absolute atomic E-state index is 0.325. The van der Waals surface area contributed by atoms with E-state index in [0.717, 1.165) is 27.1 Å². The Morgan fingerprint density at radius 3 is 2.52 bits per heavy atom. The lowest BCUT2D eigenvalue weighted by Crippen LogP contribution is -1.97. The highest BCUT2D eigenvalue weighted by Crippen LogP contribution is 2.37. The predicted octanol–water partition coefficient (Wildman–Crippen LogP) is 5.79. The van der Waals surface area contributed by atoms with Crippen LogP contribution in [0.1, 0.15) is 9.67 Å². The van der Waals surface area contributed by atoms with E-state index in [1.54, 1.807) is 11.8 Å². The largest absolute Gasteiger partial charge is 0.465 e. The monoisotopic (exact) mass is 371 g/mol. The standard InChI is InChI=1S/C19H17NO3S2/c1-22-18(21)17-12-16(19(24-2)25-17)20-13-7-6-10-15(11-13)23-14-8-4-3-5-9-14/h3-12,20H,1-2H3. The third-order valence-corrected chi connectivity index (χ3v) is 5.61. The van der Waals surface area contributed by atoms with Crippen molar-refractivity contribution in [3.8, 4) is 11.5 Å². The number of carbonyl (C=O) groups is 1. The van der Waals surface area contributed by atoms with Gasteiger partial charge in [-0.05, 0) is 36.6 Å². The maximum absolute atomic E-state index is 11.7. The van der Waals surface area contributed by atoms with Gasteiger partial charge in [-0.25, -0.2) is 4.79 Å². The van der Waals surface area contributed by atoms with Gasteiger partial charge in [0.2, 0.25) is 0 Å². The van der Waals surface area contributed by atoms with Crippen molar-refractivity contribution in [2.75, 3.05) is 18.7 Å². The highest BCUT2D eigenvalue weighted by atomic mass is 32.2. The van der Waals surface area contributed by atoms with Gasteiger partial charge in [0.05, 0.1) is 17.0 Å². The number of methoxy groups -OCH3 is 1. The lowest BCUT2D eigenvalue weighted by atomic mass is 10.3. The average Bonchev–Trinajstić information content (AvgIpc) is 3.05. The minimum atomic E-state index is -0.325. The van der Waals surface area contributed by atoms with Crippen molar-refractivity contribution >= 4 is 40.4 Å². The summed E-state index contributed by atoms with van der Waals surface area (Å²) in [5.74, 6) is 1.20. The zero-order chi connectivity index (χ0) is 17.6. The first-order valence-electron chi connectivity index (χ1n) is 7.55. The number of rotatable bonds is 6. The first kappa shape index (κ1) is 17.4. The van der Waals surface area contributed by atoms with E-state index >= 15 is 0 Å². The van der Waals surface area contributed by atoms with Gasteiger partial charge in [0.25, 0.3) is 0 Å². The van der Waals surface area contributed by atoms with Gasteiger partial charge >= 0.3 is 5.97 Å². The fourth-order valence-electron chi connectivity index (χ4n) is 2.23. The van der Waals surface area contributed by atoms with Crippen molar-refractivity contribution in [2.24, 2.45) is 0 Å². The van der Waals surface area contributed by atoms with Gasteiger partial charge in [-0.1, -0.05) is 24.3 Å². The molecule has 0 bridgehead atoms. The molecule has 25 heavy (non-hydrogen) atoms. The molecule has 3 rings (SSSR count). The molecule has 0 spiro atoms. The molecule has 0 aliphatic carbocycles. The molecule has 0 unspecified atom stereocenters. The Balaban J connectivity index is 1.80. The van der Waals surface area contributed by atoms with Gasteiger partial charge in [0, 0.05) is 11.8 Å². The molecular weight excluding hydrogens is 354 g/mol. The molecule has 1 N–H and O–H groups in total. The fourth-order valence-corrected chi connectivity index (χ4v) is 3.93. The molecule has 6 heteroatoms. The summed E-state index contributed by atoms with van der Waals surface area (Å²) in [6.07, 6.45) is 1.98. The number of esters is 1. The number of benzene rings is 2. The number of ether oxygens (including phenoxy) is 2. The molecule has 1 aromatic heterocycles. The number of carbonyl (C=O) groups excluding carboxylic acids is 1. The van der Waals surface area contributed by atoms with Crippen LogP contribution in [0.2, 0.25) is 0 Å². The first-order chi connectivity index (χ1) is 12.2. The van der Waals surface area contributed by atoms with Crippen LogP contribution in [0.3, 0.4) is 0 Å². The summed E-state index contributed by atoms with van der Waals surface area (Å²) in [6, 6.07) is 19.2. The van der Waals surface area contributed by atoms with Crippen LogP contribution >= 0.6 is 23.1 Å². The molecule has 0 saturated heterocycles. The Bertz CT molecular complexity index is 862. The molecular formula is C19H17NO3S2. The average molecular weight is 371 g/mol. The maximum atomic E-state index is 11.7. The van der Waals surface area contributed by atoms with E-state index in [-0.39, 0.29) is 5.97 Å². The molecule has 4 nitrogen and oxygen atoms in total. The van der Waals surface area contributed by atoms with Crippen molar-refractivity contribution in [3.63, 3.8) is 0 Å². The first-order valence-corrected chi connectivity index (χ1v) is 9.60. The second-order valence-corrected chi connectivity index (χ2v) is 7.20. The van der Waals surface area contributed by atoms with Gasteiger partial charge in [0.15, 0.2) is 0 Å². The lowest BCUT2D eigenvalue weighted by Gasteiger charge is -2.09. The SMILES string of the molecule is COC(=O)c1cc(Nc2cccc(Oc3ccccc3)c2)c(SC)s1. The zero-order valence-electron chi connectivity index (χ0n) is 13.8.